The summed E-state index contributed by atoms with van der Waals surface area (Å²) >= 11 is 1.40. The van der Waals surface area contributed by atoms with E-state index in [-0.39, 0.29) is 5.97 Å². The van der Waals surface area contributed by atoms with E-state index in [9.17, 15) is 10.1 Å². The van der Waals surface area contributed by atoms with Gasteiger partial charge in [0, 0.05) is 22.8 Å². The van der Waals surface area contributed by atoms with E-state index >= 15 is 0 Å². The highest BCUT2D eigenvalue weighted by Crippen LogP contribution is 2.27. The lowest BCUT2D eigenvalue weighted by Gasteiger charge is -2.05. The number of hydrogen-bond donors (Lipinski definition) is 1. The Balaban J connectivity index is 1.69. The Bertz CT molecular complexity index is 1060. The second-order valence-corrected chi connectivity index (χ2v) is 7.15. The van der Waals surface area contributed by atoms with Gasteiger partial charge in [-0.1, -0.05) is 6.92 Å². The molecule has 6 nitrogen and oxygen atoms in total. The summed E-state index contributed by atoms with van der Waals surface area (Å²) in [4.78, 5) is 16.4. The molecule has 152 valence electrons. The van der Waals surface area contributed by atoms with Crippen molar-refractivity contribution in [2.45, 2.75) is 13.3 Å². The third kappa shape index (κ3) is 5.25. The Morgan fingerprint density at radius 1 is 1.20 bits per heavy atom. The number of nitrogens with one attached hydrogen (secondary N) is 1. The van der Waals surface area contributed by atoms with Crippen molar-refractivity contribution in [2.24, 2.45) is 0 Å². The predicted molar refractivity (Wildman–Crippen MR) is 118 cm³/mol. The normalized spacial score (nSPS) is 10.9. The molecule has 3 aromatic rings. The van der Waals surface area contributed by atoms with E-state index in [0.29, 0.717) is 22.8 Å². The molecule has 30 heavy (non-hydrogen) atoms. The minimum atomic E-state index is -0.342. The van der Waals surface area contributed by atoms with Crippen LogP contribution in [0.25, 0.3) is 16.8 Å². The molecular formula is C23H21N3O3S. The van der Waals surface area contributed by atoms with E-state index in [4.69, 9.17) is 9.47 Å². The number of nitrogens with zero attached hydrogens (tertiary/aromatic N) is 2. The summed E-state index contributed by atoms with van der Waals surface area (Å²) in [6.07, 6.45) is 2.39. The first-order valence-electron chi connectivity index (χ1n) is 9.39. The summed E-state index contributed by atoms with van der Waals surface area (Å²) in [7, 11) is 1.62. The lowest BCUT2D eigenvalue weighted by Crippen LogP contribution is -2.05. The van der Waals surface area contributed by atoms with E-state index in [2.05, 4.69) is 16.4 Å². The fraction of sp³-hybridized carbons (Fsp3) is 0.174. The minimum Gasteiger partial charge on any atom is -0.497 e. The number of rotatable bonds is 8. The van der Waals surface area contributed by atoms with Gasteiger partial charge < -0.3 is 14.8 Å². The topological polar surface area (TPSA) is 84.2 Å². The average Bonchev–Trinajstić information content (AvgIpc) is 3.28. The van der Waals surface area contributed by atoms with Gasteiger partial charge in [0.1, 0.15) is 22.4 Å². The van der Waals surface area contributed by atoms with Crippen LogP contribution in [0, 0.1) is 11.3 Å². The Labute approximate surface area is 179 Å². The van der Waals surface area contributed by atoms with E-state index < -0.39 is 0 Å². The van der Waals surface area contributed by atoms with Gasteiger partial charge in [0.15, 0.2) is 0 Å². The zero-order chi connectivity index (χ0) is 21.3. The largest absolute Gasteiger partial charge is 0.497 e. The molecule has 3 rings (SSSR count). The molecule has 0 bridgehead atoms. The highest BCUT2D eigenvalue weighted by Gasteiger charge is 2.10. The van der Waals surface area contributed by atoms with E-state index in [1.54, 1.807) is 37.6 Å². The van der Waals surface area contributed by atoms with Gasteiger partial charge in [0.25, 0.3) is 0 Å². The number of benzene rings is 2. The molecule has 0 aliphatic carbocycles. The van der Waals surface area contributed by atoms with Crippen molar-refractivity contribution < 1.29 is 14.3 Å². The molecule has 0 atom stereocenters. The van der Waals surface area contributed by atoms with E-state index in [0.717, 1.165) is 29.1 Å². The first-order valence-corrected chi connectivity index (χ1v) is 10.3. The van der Waals surface area contributed by atoms with Gasteiger partial charge in [0.05, 0.1) is 25.0 Å². The molecule has 0 aliphatic heterocycles. The lowest BCUT2D eigenvalue weighted by atomic mass is 10.2. The van der Waals surface area contributed by atoms with Gasteiger partial charge in [-0.05, 0) is 55.0 Å². The molecule has 0 radical (unpaired) electrons. The summed E-state index contributed by atoms with van der Waals surface area (Å²) < 4.78 is 10.3. The van der Waals surface area contributed by atoms with Crippen LogP contribution in [0.5, 0.6) is 5.75 Å². The third-order valence-corrected chi connectivity index (χ3v) is 5.06. The van der Waals surface area contributed by atoms with Crippen LogP contribution >= 0.6 is 11.3 Å². The standard InChI is InChI=1S/C23H21N3O3S/c1-3-12-29-23(27)17-4-8-19(9-5-17)25-14-18(13-24)22-26-21(15-30-22)16-6-10-20(28-2)11-7-16/h4-11,14-15,25H,3,12H2,1-2H3. The number of nitriles is 1. The first kappa shape index (κ1) is 21.1. The Morgan fingerprint density at radius 2 is 1.93 bits per heavy atom. The Morgan fingerprint density at radius 3 is 2.57 bits per heavy atom. The molecule has 7 heteroatoms. The molecule has 2 aromatic carbocycles. The summed E-state index contributed by atoms with van der Waals surface area (Å²) in [6, 6.07) is 16.7. The Hall–Kier alpha value is -3.63. The number of ether oxygens (including phenoxy) is 2. The molecule has 0 unspecified atom stereocenters. The van der Waals surface area contributed by atoms with Crippen molar-refractivity contribution in [3.05, 3.63) is 70.7 Å². The number of methoxy groups -OCH3 is 1. The number of aromatic nitrogens is 1. The molecular weight excluding hydrogens is 398 g/mol. The van der Waals surface area contributed by atoms with Gasteiger partial charge in [0.2, 0.25) is 0 Å². The quantitative estimate of drug-likeness (QED) is 0.391. The van der Waals surface area contributed by atoms with Crippen LogP contribution in [-0.4, -0.2) is 24.7 Å². The number of esters is 1. The van der Waals surface area contributed by atoms with Gasteiger partial charge in [-0.25, -0.2) is 9.78 Å². The van der Waals surface area contributed by atoms with Gasteiger partial charge in [-0.2, -0.15) is 5.26 Å². The van der Waals surface area contributed by atoms with Crippen LogP contribution in [0.2, 0.25) is 0 Å². The SMILES string of the molecule is CCCOC(=O)c1ccc(NC=C(C#N)c2nc(-c3ccc(OC)cc3)cs2)cc1. The van der Waals surface area contributed by atoms with Gasteiger partial charge in [-0.3, -0.25) is 0 Å². The summed E-state index contributed by atoms with van der Waals surface area (Å²) in [5, 5.41) is 15.2. The molecule has 1 heterocycles. The van der Waals surface area contributed by atoms with Crippen LogP contribution < -0.4 is 10.1 Å². The van der Waals surface area contributed by atoms with Crippen molar-refractivity contribution in [2.75, 3.05) is 19.0 Å². The maximum Gasteiger partial charge on any atom is 0.338 e. The smallest absolute Gasteiger partial charge is 0.338 e. The second kappa shape index (κ2) is 10.2. The molecule has 0 amide bonds. The van der Waals surface area contributed by atoms with E-state index in [1.165, 1.54) is 11.3 Å². The average molecular weight is 420 g/mol. The van der Waals surface area contributed by atoms with Crippen LogP contribution in [0.15, 0.2) is 60.1 Å². The van der Waals surface area contributed by atoms with E-state index in [1.807, 2.05) is 36.6 Å². The number of carbonyl (C=O) groups excluding carboxylic acids is 1. The molecule has 0 fully saturated rings. The van der Waals surface area contributed by atoms with Gasteiger partial charge >= 0.3 is 5.97 Å². The summed E-state index contributed by atoms with van der Waals surface area (Å²) in [5.74, 6) is 0.436. The summed E-state index contributed by atoms with van der Waals surface area (Å²) in [6.45, 7) is 2.35. The van der Waals surface area contributed by atoms with Crippen molar-refractivity contribution >= 4 is 28.6 Å². The van der Waals surface area contributed by atoms with Crippen molar-refractivity contribution in [3.8, 4) is 23.1 Å². The van der Waals surface area contributed by atoms with Crippen LogP contribution in [0.3, 0.4) is 0 Å². The number of allylic oxidation sites excluding steroid dienone is 1. The molecule has 0 saturated carbocycles. The molecule has 1 N–H and O–H groups in total. The predicted octanol–water partition coefficient (Wildman–Crippen LogP) is 5.36. The first-order chi connectivity index (χ1) is 14.6. The third-order valence-electron chi connectivity index (χ3n) is 4.18. The molecule has 1 aromatic heterocycles. The van der Waals surface area contributed by atoms with Crippen molar-refractivity contribution in [3.63, 3.8) is 0 Å². The zero-order valence-corrected chi connectivity index (χ0v) is 17.5. The Kier molecular flexibility index (Phi) is 7.19. The fourth-order valence-corrected chi connectivity index (χ4v) is 3.36. The maximum absolute atomic E-state index is 11.9. The number of thiazole rings is 1. The number of hydrogen-bond acceptors (Lipinski definition) is 7. The highest BCUT2D eigenvalue weighted by atomic mass is 32.1. The second-order valence-electron chi connectivity index (χ2n) is 6.29. The van der Waals surface area contributed by atoms with Gasteiger partial charge in [-0.15, -0.1) is 11.3 Å². The number of carbonyl (C=O) groups is 1. The summed E-state index contributed by atoms with van der Waals surface area (Å²) in [5.41, 5.74) is 3.42. The van der Waals surface area contributed by atoms with Crippen LogP contribution in [0.4, 0.5) is 5.69 Å². The minimum absolute atomic E-state index is 0.342. The molecule has 0 saturated heterocycles. The highest BCUT2D eigenvalue weighted by molar-refractivity contribution is 7.11. The van der Waals surface area contributed by atoms with Crippen LogP contribution in [0.1, 0.15) is 28.7 Å². The number of anilines is 1. The zero-order valence-electron chi connectivity index (χ0n) is 16.7. The molecule has 0 spiro atoms. The molecule has 0 aliphatic rings. The van der Waals surface area contributed by atoms with Crippen molar-refractivity contribution in [1.29, 1.82) is 5.26 Å². The fourth-order valence-electron chi connectivity index (χ4n) is 2.57. The van der Waals surface area contributed by atoms with Crippen molar-refractivity contribution in [1.82, 2.24) is 4.98 Å². The van der Waals surface area contributed by atoms with Crippen LogP contribution in [-0.2, 0) is 4.74 Å². The maximum atomic E-state index is 11.9. The monoisotopic (exact) mass is 419 g/mol. The lowest BCUT2D eigenvalue weighted by molar-refractivity contribution is 0.0505.